The van der Waals surface area contributed by atoms with E-state index in [-0.39, 0.29) is 0 Å². The summed E-state index contributed by atoms with van der Waals surface area (Å²) >= 11 is 0. The molecule has 0 aromatic rings. The number of unbranched alkanes of at least 4 members (excludes halogenated alkanes) is 2. The molecule has 1 saturated carbocycles. The van der Waals surface area contributed by atoms with Crippen LogP contribution in [-0.4, -0.2) is 50.1 Å². The Balaban J connectivity index is 1.46. The minimum absolute atomic E-state index is 0.648. The van der Waals surface area contributed by atoms with Gasteiger partial charge in [-0.25, -0.2) is 0 Å². The van der Waals surface area contributed by atoms with Crippen molar-refractivity contribution < 1.29 is 0 Å². The highest BCUT2D eigenvalue weighted by molar-refractivity contribution is 5.79. The molecule has 0 radical (unpaired) electrons. The van der Waals surface area contributed by atoms with Crippen molar-refractivity contribution in [1.29, 1.82) is 0 Å². The summed E-state index contributed by atoms with van der Waals surface area (Å²) in [6.45, 7) is 5.01. The molecule has 21 heavy (non-hydrogen) atoms. The van der Waals surface area contributed by atoms with Gasteiger partial charge in [0, 0.05) is 19.6 Å². The molecule has 4 heteroatoms. The maximum atomic E-state index is 4.33. The summed E-state index contributed by atoms with van der Waals surface area (Å²) in [5, 5.41) is 7.00. The van der Waals surface area contributed by atoms with E-state index in [0.717, 1.165) is 12.5 Å². The molecular formula is C17H34N4. The highest BCUT2D eigenvalue weighted by Gasteiger charge is 2.15. The van der Waals surface area contributed by atoms with Crippen LogP contribution in [0, 0.1) is 0 Å². The molecular weight excluding hydrogens is 260 g/mol. The van der Waals surface area contributed by atoms with Gasteiger partial charge in [0.25, 0.3) is 0 Å². The van der Waals surface area contributed by atoms with Crippen LogP contribution in [0.3, 0.4) is 0 Å². The average molecular weight is 294 g/mol. The van der Waals surface area contributed by atoms with Gasteiger partial charge in [-0.15, -0.1) is 0 Å². The van der Waals surface area contributed by atoms with E-state index in [1.54, 1.807) is 0 Å². The Morgan fingerprint density at radius 1 is 1.00 bits per heavy atom. The molecule has 2 N–H and O–H groups in total. The second kappa shape index (κ2) is 10.0. The second-order valence-corrected chi connectivity index (χ2v) is 6.59. The van der Waals surface area contributed by atoms with Gasteiger partial charge in [-0.2, -0.15) is 0 Å². The first kappa shape index (κ1) is 16.6. The van der Waals surface area contributed by atoms with E-state index in [2.05, 4.69) is 20.5 Å². The third kappa shape index (κ3) is 6.68. The van der Waals surface area contributed by atoms with Crippen molar-refractivity contribution in [1.82, 2.24) is 15.5 Å². The molecule has 122 valence electrons. The molecule has 2 fully saturated rings. The molecule has 1 saturated heterocycles. The number of guanidine groups is 1. The van der Waals surface area contributed by atoms with E-state index in [1.807, 2.05) is 7.05 Å². The van der Waals surface area contributed by atoms with Crippen LogP contribution >= 0.6 is 0 Å². The molecule has 4 nitrogen and oxygen atoms in total. The third-order valence-electron chi connectivity index (χ3n) is 4.81. The van der Waals surface area contributed by atoms with Crippen molar-refractivity contribution >= 4 is 5.96 Å². The van der Waals surface area contributed by atoms with Gasteiger partial charge < -0.3 is 15.5 Å². The molecule has 1 aliphatic heterocycles. The van der Waals surface area contributed by atoms with Crippen LogP contribution in [0.4, 0.5) is 0 Å². The van der Waals surface area contributed by atoms with E-state index >= 15 is 0 Å². The van der Waals surface area contributed by atoms with Crippen molar-refractivity contribution in [2.24, 2.45) is 4.99 Å². The fraction of sp³-hybridized carbons (Fsp3) is 0.941. The first-order valence-corrected chi connectivity index (χ1v) is 9.08. The number of piperidine rings is 1. The van der Waals surface area contributed by atoms with Crippen molar-refractivity contribution in [2.45, 2.75) is 70.3 Å². The summed E-state index contributed by atoms with van der Waals surface area (Å²) in [6, 6.07) is 0.648. The van der Waals surface area contributed by atoms with Gasteiger partial charge in [0.15, 0.2) is 5.96 Å². The lowest BCUT2D eigenvalue weighted by Crippen LogP contribution is -2.42. The molecule has 0 aromatic carbocycles. The van der Waals surface area contributed by atoms with Gasteiger partial charge in [0.1, 0.15) is 0 Å². The fourth-order valence-electron chi connectivity index (χ4n) is 3.49. The Bertz CT molecular complexity index is 291. The van der Waals surface area contributed by atoms with E-state index in [0.29, 0.717) is 6.04 Å². The van der Waals surface area contributed by atoms with Gasteiger partial charge >= 0.3 is 0 Å². The van der Waals surface area contributed by atoms with Gasteiger partial charge in [-0.05, 0) is 58.2 Å². The molecule has 1 aliphatic carbocycles. The number of nitrogens with one attached hydrogen (secondary N) is 2. The highest BCUT2D eigenvalue weighted by atomic mass is 15.2. The van der Waals surface area contributed by atoms with Crippen LogP contribution in [0.5, 0.6) is 0 Å². The first-order chi connectivity index (χ1) is 10.4. The number of rotatable bonds is 7. The SMILES string of the molecule is CN=C(NCCCCCN1CCCCC1)NC1CCCC1. The maximum Gasteiger partial charge on any atom is 0.191 e. The summed E-state index contributed by atoms with van der Waals surface area (Å²) in [6.07, 6.45) is 13.5. The summed E-state index contributed by atoms with van der Waals surface area (Å²) in [5.41, 5.74) is 0. The minimum Gasteiger partial charge on any atom is -0.356 e. The Kier molecular flexibility index (Phi) is 7.94. The number of hydrogen-bond donors (Lipinski definition) is 2. The van der Waals surface area contributed by atoms with E-state index in [4.69, 9.17) is 0 Å². The summed E-state index contributed by atoms with van der Waals surface area (Å²) in [7, 11) is 1.88. The van der Waals surface area contributed by atoms with Crippen LogP contribution < -0.4 is 10.6 Å². The Labute approximate surface area is 130 Å². The standard InChI is InChI=1S/C17H34N4/c1-18-17(20-16-10-4-5-11-16)19-12-6-2-7-13-21-14-8-3-9-15-21/h16H,2-15H2,1H3,(H2,18,19,20). The van der Waals surface area contributed by atoms with Crippen LogP contribution in [0.25, 0.3) is 0 Å². The van der Waals surface area contributed by atoms with Gasteiger partial charge in [-0.1, -0.05) is 25.7 Å². The monoisotopic (exact) mass is 294 g/mol. The number of aliphatic imine (C=N–C) groups is 1. The molecule has 0 amide bonds. The molecule has 1 heterocycles. The normalized spacial score (nSPS) is 21.7. The van der Waals surface area contributed by atoms with Crippen LogP contribution in [0.1, 0.15) is 64.2 Å². The van der Waals surface area contributed by atoms with Crippen LogP contribution in [0.2, 0.25) is 0 Å². The number of nitrogens with zero attached hydrogens (tertiary/aromatic N) is 2. The third-order valence-corrected chi connectivity index (χ3v) is 4.81. The fourth-order valence-corrected chi connectivity index (χ4v) is 3.49. The summed E-state index contributed by atoms with van der Waals surface area (Å²) < 4.78 is 0. The number of likely N-dealkylation sites (tertiary alicyclic amines) is 1. The predicted octanol–water partition coefficient (Wildman–Crippen LogP) is 2.75. The van der Waals surface area contributed by atoms with Crippen molar-refractivity contribution in [3.63, 3.8) is 0 Å². The lowest BCUT2D eigenvalue weighted by Gasteiger charge is -2.26. The Morgan fingerprint density at radius 3 is 2.48 bits per heavy atom. The van der Waals surface area contributed by atoms with Gasteiger partial charge in [0.05, 0.1) is 0 Å². The highest BCUT2D eigenvalue weighted by Crippen LogP contribution is 2.17. The lowest BCUT2D eigenvalue weighted by atomic mass is 10.1. The minimum atomic E-state index is 0.648. The smallest absolute Gasteiger partial charge is 0.191 e. The molecule has 0 spiro atoms. The van der Waals surface area contributed by atoms with E-state index in [1.165, 1.54) is 83.8 Å². The molecule has 2 aliphatic rings. The van der Waals surface area contributed by atoms with Crippen LogP contribution in [0.15, 0.2) is 4.99 Å². The second-order valence-electron chi connectivity index (χ2n) is 6.59. The van der Waals surface area contributed by atoms with Crippen molar-refractivity contribution in [3.8, 4) is 0 Å². The van der Waals surface area contributed by atoms with E-state index in [9.17, 15) is 0 Å². The zero-order valence-electron chi connectivity index (χ0n) is 13.9. The molecule has 0 aromatic heterocycles. The maximum absolute atomic E-state index is 4.33. The molecule has 0 atom stereocenters. The zero-order valence-corrected chi connectivity index (χ0v) is 13.9. The Morgan fingerprint density at radius 2 is 1.76 bits per heavy atom. The van der Waals surface area contributed by atoms with E-state index < -0.39 is 0 Å². The topological polar surface area (TPSA) is 39.7 Å². The average Bonchev–Trinajstić information content (AvgIpc) is 3.03. The largest absolute Gasteiger partial charge is 0.356 e. The van der Waals surface area contributed by atoms with Gasteiger partial charge in [-0.3, -0.25) is 4.99 Å². The number of hydrogen-bond acceptors (Lipinski definition) is 2. The quantitative estimate of drug-likeness (QED) is 0.431. The summed E-state index contributed by atoms with van der Waals surface area (Å²) in [5.74, 6) is 0.998. The molecule has 2 rings (SSSR count). The predicted molar refractivity (Wildman–Crippen MR) is 90.9 cm³/mol. The zero-order chi connectivity index (χ0) is 14.8. The first-order valence-electron chi connectivity index (χ1n) is 9.08. The van der Waals surface area contributed by atoms with Crippen LogP contribution in [-0.2, 0) is 0 Å². The van der Waals surface area contributed by atoms with Crippen molar-refractivity contribution in [2.75, 3.05) is 33.2 Å². The Hall–Kier alpha value is -0.770. The lowest BCUT2D eigenvalue weighted by molar-refractivity contribution is 0.224. The molecule has 0 bridgehead atoms. The summed E-state index contributed by atoms with van der Waals surface area (Å²) in [4.78, 5) is 6.97. The van der Waals surface area contributed by atoms with Crippen molar-refractivity contribution in [3.05, 3.63) is 0 Å². The molecule has 0 unspecified atom stereocenters. The van der Waals surface area contributed by atoms with Gasteiger partial charge in [0.2, 0.25) is 0 Å².